The summed E-state index contributed by atoms with van der Waals surface area (Å²) in [6.45, 7) is 5.96. The van der Waals surface area contributed by atoms with Gasteiger partial charge in [0.15, 0.2) is 0 Å². The first-order valence-corrected chi connectivity index (χ1v) is 8.64. The van der Waals surface area contributed by atoms with Crippen molar-refractivity contribution in [2.75, 3.05) is 11.1 Å². The summed E-state index contributed by atoms with van der Waals surface area (Å²) in [6, 6.07) is 13.0. The number of para-hydroxylation sites is 1. The molecule has 1 aromatic carbocycles. The molecule has 1 N–H and O–H groups in total. The molecule has 2 aromatic rings. The van der Waals surface area contributed by atoms with E-state index in [-0.39, 0.29) is 0 Å². The van der Waals surface area contributed by atoms with Gasteiger partial charge in [-0.3, -0.25) is 0 Å². The molecule has 1 atom stereocenters. The first-order valence-electron chi connectivity index (χ1n) is 6.05. The van der Waals surface area contributed by atoms with Crippen LogP contribution in [0.2, 0.25) is 0 Å². The number of nitrogens with one attached hydrogen (secondary N) is 1. The standard InChI is InChI=1S/C15H16BrNS2/c1-3-10-18-14-7-5-4-6-12(14)17-11(2)13-8-9-15(16)19-13/h3-9,11,17H,1,10H2,2H3. The second kappa shape index (κ2) is 7.17. The average molecular weight is 354 g/mol. The zero-order valence-corrected chi connectivity index (χ0v) is 13.9. The highest BCUT2D eigenvalue weighted by atomic mass is 79.9. The van der Waals surface area contributed by atoms with Crippen molar-refractivity contribution in [3.63, 3.8) is 0 Å². The maximum atomic E-state index is 3.77. The lowest BCUT2D eigenvalue weighted by Crippen LogP contribution is -2.05. The Morgan fingerprint density at radius 3 is 2.84 bits per heavy atom. The van der Waals surface area contributed by atoms with Gasteiger partial charge in [-0.05, 0) is 47.1 Å². The second-order valence-corrected chi connectivity index (χ2v) is 7.66. The summed E-state index contributed by atoms with van der Waals surface area (Å²) in [5, 5.41) is 3.58. The third-order valence-electron chi connectivity index (χ3n) is 2.64. The van der Waals surface area contributed by atoms with Crippen LogP contribution >= 0.6 is 39.0 Å². The molecule has 19 heavy (non-hydrogen) atoms. The normalized spacial score (nSPS) is 12.1. The van der Waals surface area contributed by atoms with Crippen LogP contribution in [0.5, 0.6) is 0 Å². The van der Waals surface area contributed by atoms with Gasteiger partial charge in [-0.1, -0.05) is 18.2 Å². The van der Waals surface area contributed by atoms with E-state index in [9.17, 15) is 0 Å². The van der Waals surface area contributed by atoms with Gasteiger partial charge in [0.2, 0.25) is 0 Å². The zero-order valence-electron chi connectivity index (χ0n) is 10.7. The molecule has 1 aromatic heterocycles. The van der Waals surface area contributed by atoms with Crippen LogP contribution in [-0.4, -0.2) is 5.75 Å². The van der Waals surface area contributed by atoms with Crippen molar-refractivity contribution in [1.82, 2.24) is 0 Å². The average Bonchev–Trinajstić information content (AvgIpc) is 2.84. The van der Waals surface area contributed by atoms with Crippen molar-refractivity contribution in [2.45, 2.75) is 17.9 Å². The molecule has 0 aliphatic carbocycles. The van der Waals surface area contributed by atoms with Gasteiger partial charge in [-0.15, -0.1) is 29.7 Å². The Morgan fingerprint density at radius 2 is 2.16 bits per heavy atom. The third-order valence-corrected chi connectivity index (χ3v) is 5.51. The molecule has 0 fully saturated rings. The highest BCUT2D eigenvalue weighted by molar-refractivity contribution is 9.11. The van der Waals surface area contributed by atoms with E-state index < -0.39 is 0 Å². The fourth-order valence-electron chi connectivity index (χ4n) is 1.73. The second-order valence-electron chi connectivity index (χ2n) is 4.10. The van der Waals surface area contributed by atoms with Crippen molar-refractivity contribution < 1.29 is 0 Å². The quantitative estimate of drug-likeness (QED) is 0.507. The summed E-state index contributed by atoms with van der Waals surface area (Å²) in [6.07, 6.45) is 1.93. The van der Waals surface area contributed by atoms with Crippen LogP contribution in [0.1, 0.15) is 17.8 Å². The molecule has 0 spiro atoms. The SMILES string of the molecule is C=CCSc1ccccc1NC(C)c1ccc(Br)s1. The Labute approximate surface area is 131 Å². The van der Waals surface area contributed by atoms with Crippen molar-refractivity contribution >= 4 is 44.7 Å². The van der Waals surface area contributed by atoms with Crippen LogP contribution in [0.15, 0.2) is 57.7 Å². The monoisotopic (exact) mass is 353 g/mol. The Morgan fingerprint density at radius 1 is 1.37 bits per heavy atom. The number of halogens is 1. The van der Waals surface area contributed by atoms with Crippen LogP contribution in [0.4, 0.5) is 5.69 Å². The highest BCUT2D eigenvalue weighted by Crippen LogP contribution is 2.33. The van der Waals surface area contributed by atoms with Gasteiger partial charge in [-0.25, -0.2) is 0 Å². The Hall–Kier alpha value is -0.710. The highest BCUT2D eigenvalue weighted by Gasteiger charge is 2.10. The largest absolute Gasteiger partial charge is 0.377 e. The minimum Gasteiger partial charge on any atom is -0.377 e. The molecule has 0 saturated heterocycles. The number of anilines is 1. The predicted octanol–water partition coefficient (Wildman–Crippen LogP) is 5.96. The van der Waals surface area contributed by atoms with Gasteiger partial charge in [-0.2, -0.15) is 0 Å². The van der Waals surface area contributed by atoms with Gasteiger partial charge >= 0.3 is 0 Å². The van der Waals surface area contributed by atoms with E-state index in [2.05, 4.69) is 71.1 Å². The fourth-order valence-corrected chi connectivity index (χ4v) is 3.91. The Kier molecular flexibility index (Phi) is 5.55. The first kappa shape index (κ1) is 14.7. The molecule has 1 heterocycles. The predicted molar refractivity (Wildman–Crippen MR) is 91.4 cm³/mol. The van der Waals surface area contributed by atoms with Crippen molar-refractivity contribution in [3.8, 4) is 0 Å². The van der Waals surface area contributed by atoms with E-state index >= 15 is 0 Å². The lowest BCUT2D eigenvalue weighted by atomic mass is 10.2. The molecule has 0 aliphatic rings. The maximum absolute atomic E-state index is 3.77. The van der Waals surface area contributed by atoms with Crippen molar-refractivity contribution in [3.05, 3.63) is 57.7 Å². The minimum absolute atomic E-state index is 0.307. The van der Waals surface area contributed by atoms with Crippen molar-refractivity contribution in [1.29, 1.82) is 0 Å². The molecule has 2 rings (SSSR count). The van der Waals surface area contributed by atoms with E-state index in [0.29, 0.717) is 6.04 Å². The van der Waals surface area contributed by atoms with Crippen LogP contribution in [0.25, 0.3) is 0 Å². The maximum Gasteiger partial charge on any atom is 0.0702 e. The lowest BCUT2D eigenvalue weighted by molar-refractivity contribution is 0.902. The number of thiophene rings is 1. The van der Waals surface area contributed by atoms with Crippen molar-refractivity contribution in [2.24, 2.45) is 0 Å². The number of rotatable bonds is 6. The van der Waals surface area contributed by atoms with Crippen LogP contribution < -0.4 is 5.32 Å². The zero-order chi connectivity index (χ0) is 13.7. The van der Waals surface area contributed by atoms with E-state index in [0.717, 1.165) is 5.75 Å². The van der Waals surface area contributed by atoms with Gasteiger partial charge in [0.25, 0.3) is 0 Å². The van der Waals surface area contributed by atoms with E-state index in [1.54, 1.807) is 23.1 Å². The number of hydrogen-bond donors (Lipinski definition) is 1. The fraction of sp³-hybridized carbons (Fsp3) is 0.200. The van der Waals surface area contributed by atoms with Crippen LogP contribution in [0.3, 0.4) is 0 Å². The van der Waals surface area contributed by atoms with Gasteiger partial charge in [0.1, 0.15) is 0 Å². The van der Waals surface area contributed by atoms with Gasteiger partial charge in [0.05, 0.1) is 9.83 Å². The first-order chi connectivity index (χ1) is 9.20. The summed E-state index contributed by atoms with van der Waals surface area (Å²) >= 11 is 7.08. The van der Waals surface area contributed by atoms with Crippen LogP contribution in [0, 0.1) is 0 Å². The smallest absolute Gasteiger partial charge is 0.0702 e. The summed E-state index contributed by atoms with van der Waals surface area (Å²) < 4.78 is 1.17. The number of benzene rings is 1. The lowest BCUT2D eigenvalue weighted by Gasteiger charge is -2.16. The molecular weight excluding hydrogens is 338 g/mol. The molecule has 0 bridgehead atoms. The summed E-state index contributed by atoms with van der Waals surface area (Å²) in [5.74, 6) is 0.928. The molecule has 1 unspecified atom stereocenters. The topological polar surface area (TPSA) is 12.0 Å². The molecule has 1 nitrogen and oxygen atoms in total. The molecule has 4 heteroatoms. The minimum atomic E-state index is 0.307. The molecule has 0 saturated carbocycles. The molecule has 0 amide bonds. The summed E-state index contributed by atoms with van der Waals surface area (Å²) in [4.78, 5) is 2.60. The summed E-state index contributed by atoms with van der Waals surface area (Å²) in [7, 11) is 0. The van der Waals surface area contributed by atoms with Crippen LogP contribution in [-0.2, 0) is 0 Å². The van der Waals surface area contributed by atoms with E-state index in [1.165, 1.54) is 19.2 Å². The van der Waals surface area contributed by atoms with Gasteiger partial charge in [0, 0.05) is 21.2 Å². The molecular formula is C15H16BrNS2. The third kappa shape index (κ3) is 4.13. The molecule has 0 aliphatic heterocycles. The molecule has 0 radical (unpaired) electrons. The summed E-state index contributed by atoms with van der Waals surface area (Å²) in [5.41, 5.74) is 1.19. The Bertz CT molecular complexity index is 551. The van der Waals surface area contributed by atoms with Gasteiger partial charge < -0.3 is 5.32 Å². The Balaban J connectivity index is 2.11. The van der Waals surface area contributed by atoms with E-state index in [4.69, 9.17) is 0 Å². The number of thioether (sulfide) groups is 1. The number of hydrogen-bond acceptors (Lipinski definition) is 3. The van der Waals surface area contributed by atoms with E-state index in [1.807, 2.05) is 6.08 Å². The molecule has 100 valence electrons.